The second kappa shape index (κ2) is 10.8. The molecule has 10 nitrogen and oxygen atoms in total. The Kier molecular flexibility index (Phi) is 8.63. The monoisotopic (exact) mass is 478 g/mol. The Morgan fingerprint density at radius 1 is 1.00 bits per heavy atom. The van der Waals surface area contributed by atoms with E-state index in [0.717, 1.165) is 12.8 Å². The molecule has 0 unspecified atom stereocenters. The predicted molar refractivity (Wildman–Crippen MR) is 122 cm³/mol. The van der Waals surface area contributed by atoms with Gasteiger partial charge in [0.2, 0.25) is 11.8 Å². The van der Waals surface area contributed by atoms with E-state index < -0.39 is 41.2 Å². The SMILES string of the molecule is CCOC(=O)c1c(NC(=O)COC(=O)C2(CC(=O)NC(C)(C)C)CCCC2)oc(C)c1C(C)=O. The summed E-state index contributed by atoms with van der Waals surface area (Å²) in [4.78, 5) is 62.2. The Morgan fingerprint density at radius 2 is 1.62 bits per heavy atom. The number of nitrogens with one attached hydrogen (secondary N) is 2. The van der Waals surface area contributed by atoms with Crippen LogP contribution in [0.5, 0.6) is 0 Å². The fourth-order valence-electron chi connectivity index (χ4n) is 4.18. The maximum atomic E-state index is 12.9. The number of ketones is 1. The minimum Gasteiger partial charge on any atom is -0.462 e. The van der Waals surface area contributed by atoms with Gasteiger partial charge in [-0.2, -0.15) is 0 Å². The van der Waals surface area contributed by atoms with Gasteiger partial charge in [0.05, 0.1) is 17.6 Å². The number of aryl methyl sites for hydroxylation is 1. The quantitative estimate of drug-likeness (QED) is 0.407. The molecule has 0 aromatic carbocycles. The third-order valence-electron chi connectivity index (χ3n) is 5.51. The number of hydrogen-bond donors (Lipinski definition) is 2. The molecule has 1 aliphatic rings. The van der Waals surface area contributed by atoms with Crippen LogP contribution in [0.1, 0.15) is 93.2 Å². The van der Waals surface area contributed by atoms with Crippen molar-refractivity contribution in [1.82, 2.24) is 5.32 Å². The fraction of sp³-hybridized carbons (Fsp3) is 0.625. The molecule has 10 heteroatoms. The molecule has 1 heterocycles. The summed E-state index contributed by atoms with van der Waals surface area (Å²) in [6, 6.07) is 0. The zero-order chi connectivity index (χ0) is 25.7. The molecule has 1 saturated carbocycles. The first kappa shape index (κ1) is 27.1. The molecule has 0 radical (unpaired) electrons. The Morgan fingerprint density at radius 3 is 2.15 bits per heavy atom. The van der Waals surface area contributed by atoms with Crippen LogP contribution in [0.25, 0.3) is 0 Å². The number of rotatable bonds is 9. The van der Waals surface area contributed by atoms with Crippen molar-refractivity contribution in [2.45, 2.75) is 79.2 Å². The molecule has 0 spiro atoms. The van der Waals surface area contributed by atoms with E-state index in [4.69, 9.17) is 13.9 Å². The Hall–Kier alpha value is -3.17. The van der Waals surface area contributed by atoms with Crippen molar-refractivity contribution in [3.63, 3.8) is 0 Å². The van der Waals surface area contributed by atoms with Gasteiger partial charge in [0, 0.05) is 12.0 Å². The summed E-state index contributed by atoms with van der Waals surface area (Å²) in [5, 5.41) is 5.24. The lowest BCUT2D eigenvalue weighted by molar-refractivity contribution is -0.160. The standard InChI is InChI=1S/C24H34N2O8/c1-7-32-21(30)19-18(14(2)27)15(3)34-20(19)25-17(29)13-33-22(31)24(10-8-9-11-24)12-16(28)26-23(4,5)6/h7-13H2,1-6H3,(H,25,29)(H,26,28). The molecular weight excluding hydrogens is 444 g/mol. The molecule has 1 fully saturated rings. The van der Waals surface area contributed by atoms with E-state index in [1.54, 1.807) is 6.92 Å². The van der Waals surface area contributed by atoms with E-state index in [9.17, 15) is 24.0 Å². The minimum atomic E-state index is -0.977. The summed E-state index contributed by atoms with van der Waals surface area (Å²) >= 11 is 0. The van der Waals surface area contributed by atoms with Crippen LogP contribution in [0.4, 0.5) is 5.88 Å². The van der Waals surface area contributed by atoms with Gasteiger partial charge in [-0.25, -0.2) is 4.79 Å². The second-order valence-electron chi connectivity index (χ2n) is 9.60. The van der Waals surface area contributed by atoms with Crippen LogP contribution in [-0.4, -0.2) is 48.3 Å². The van der Waals surface area contributed by atoms with Crippen LogP contribution >= 0.6 is 0 Å². The molecule has 1 aliphatic carbocycles. The molecule has 2 N–H and O–H groups in total. The van der Waals surface area contributed by atoms with Crippen molar-refractivity contribution < 1.29 is 37.9 Å². The largest absolute Gasteiger partial charge is 0.462 e. The number of esters is 2. The molecule has 1 aromatic heterocycles. The number of hydrogen-bond acceptors (Lipinski definition) is 8. The summed E-state index contributed by atoms with van der Waals surface area (Å²) in [6.45, 7) is 9.35. The van der Waals surface area contributed by atoms with Gasteiger partial charge < -0.3 is 19.2 Å². The molecule has 0 bridgehead atoms. The van der Waals surface area contributed by atoms with E-state index in [-0.39, 0.29) is 41.7 Å². The maximum Gasteiger partial charge on any atom is 0.344 e. The topological polar surface area (TPSA) is 141 Å². The van der Waals surface area contributed by atoms with Crippen LogP contribution in [0.15, 0.2) is 4.42 Å². The number of carbonyl (C=O) groups excluding carboxylic acids is 5. The Balaban J connectivity index is 2.10. The summed E-state index contributed by atoms with van der Waals surface area (Å²) in [5.74, 6) is -2.96. The smallest absolute Gasteiger partial charge is 0.344 e. The molecule has 0 atom stereocenters. The van der Waals surface area contributed by atoms with Gasteiger partial charge in [-0.1, -0.05) is 12.8 Å². The first-order valence-corrected chi connectivity index (χ1v) is 11.4. The minimum absolute atomic E-state index is 0.0144. The van der Waals surface area contributed by atoms with Crippen molar-refractivity contribution in [3.05, 3.63) is 16.9 Å². The van der Waals surface area contributed by atoms with E-state index in [1.807, 2.05) is 20.8 Å². The molecule has 1 aromatic rings. The number of ether oxygens (including phenoxy) is 2. The highest BCUT2D eigenvalue weighted by atomic mass is 16.5. The van der Waals surface area contributed by atoms with Crippen molar-refractivity contribution in [3.8, 4) is 0 Å². The normalized spacial score (nSPS) is 14.9. The predicted octanol–water partition coefficient (Wildman–Crippen LogP) is 3.31. The highest BCUT2D eigenvalue weighted by Gasteiger charge is 2.45. The van der Waals surface area contributed by atoms with Crippen LogP contribution in [0.2, 0.25) is 0 Å². The van der Waals surface area contributed by atoms with E-state index in [2.05, 4.69) is 10.6 Å². The fourth-order valence-corrected chi connectivity index (χ4v) is 4.18. The summed E-state index contributed by atoms with van der Waals surface area (Å²) < 4.78 is 15.7. The summed E-state index contributed by atoms with van der Waals surface area (Å²) in [6.07, 6.45) is 2.55. The first-order chi connectivity index (χ1) is 15.8. The molecule has 34 heavy (non-hydrogen) atoms. The summed E-state index contributed by atoms with van der Waals surface area (Å²) in [7, 11) is 0. The van der Waals surface area contributed by atoms with Crippen molar-refractivity contribution in [1.29, 1.82) is 0 Å². The van der Waals surface area contributed by atoms with Gasteiger partial charge in [0.15, 0.2) is 12.4 Å². The van der Waals surface area contributed by atoms with Crippen molar-refractivity contribution in [2.24, 2.45) is 5.41 Å². The van der Waals surface area contributed by atoms with Gasteiger partial charge in [-0.05, 0) is 54.4 Å². The zero-order valence-corrected chi connectivity index (χ0v) is 20.7. The van der Waals surface area contributed by atoms with Gasteiger partial charge in [-0.3, -0.25) is 24.5 Å². The third-order valence-corrected chi connectivity index (χ3v) is 5.51. The number of furan rings is 1. The first-order valence-electron chi connectivity index (χ1n) is 11.4. The number of carbonyl (C=O) groups is 5. The lowest BCUT2D eigenvalue weighted by atomic mass is 9.82. The average Bonchev–Trinajstić information content (AvgIpc) is 3.29. The second-order valence-corrected chi connectivity index (χ2v) is 9.60. The lowest BCUT2D eigenvalue weighted by Crippen LogP contribution is -2.44. The van der Waals surface area contributed by atoms with Gasteiger partial charge >= 0.3 is 11.9 Å². The van der Waals surface area contributed by atoms with Gasteiger partial charge in [0.25, 0.3) is 5.91 Å². The molecule has 0 saturated heterocycles. The summed E-state index contributed by atoms with van der Waals surface area (Å²) in [5.41, 5.74) is -1.58. The average molecular weight is 479 g/mol. The zero-order valence-electron chi connectivity index (χ0n) is 20.7. The van der Waals surface area contributed by atoms with E-state index in [1.165, 1.54) is 13.8 Å². The van der Waals surface area contributed by atoms with Gasteiger partial charge in [-0.15, -0.1) is 0 Å². The Bertz CT molecular complexity index is 964. The van der Waals surface area contributed by atoms with Crippen LogP contribution < -0.4 is 10.6 Å². The molecule has 0 aliphatic heterocycles. The van der Waals surface area contributed by atoms with Gasteiger partial charge in [0.1, 0.15) is 11.3 Å². The lowest BCUT2D eigenvalue weighted by Gasteiger charge is -2.28. The third kappa shape index (κ3) is 6.68. The molecule has 188 valence electrons. The van der Waals surface area contributed by atoms with Crippen molar-refractivity contribution in [2.75, 3.05) is 18.5 Å². The molecular formula is C24H34N2O8. The van der Waals surface area contributed by atoms with Crippen LogP contribution in [0, 0.1) is 12.3 Å². The van der Waals surface area contributed by atoms with Crippen molar-refractivity contribution >= 4 is 35.4 Å². The maximum absolute atomic E-state index is 12.9. The van der Waals surface area contributed by atoms with E-state index >= 15 is 0 Å². The highest BCUT2D eigenvalue weighted by Crippen LogP contribution is 2.42. The van der Waals surface area contributed by atoms with Crippen LogP contribution in [0.3, 0.4) is 0 Å². The Labute approximate surface area is 199 Å². The number of Topliss-reactive ketones (excluding diaryl/α,β-unsaturated/α-hetero) is 1. The highest BCUT2D eigenvalue weighted by molar-refractivity contribution is 6.10. The molecule has 2 amide bonds. The van der Waals surface area contributed by atoms with Crippen LogP contribution in [-0.2, 0) is 23.9 Å². The number of anilines is 1. The molecule has 2 rings (SSSR count). The number of amides is 2. The van der Waals surface area contributed by atoms with E-state index in [0.29, 0.717) is 12.8 Å².